The maximum atomic E-state index is 11.9. The topological polar surface area (TPSA) is 29.5 Å². The molecule has 0 bridgehead atoms. The Balaban J connectivity index is 1.94. The van der Waals surface area contributed by atoms with Crippen LogP contribution >= 0.6 is 0 Å². The zero-order valence-electron chi connectivity index (χ0n) is 10.5. The van der Waals surface area contributed by atoms with Gasteiger partial charge in [-0.3, -0.25) is 0 Å². The van der Waals surface area contributed by atoms with Gasteiger partial charge in [0.05, 0.1) is 5.56 Å². The highest BCUT2D eigenvalue weighted by molar-refractivity contribution is 5.89. The Hall–Kier alpha value is -1.35. The van der Waals surface area contributed by atoms with E-state index in [2.05, 4.69) is 11.9 Å². The summed E-state index contributed by atoms with van der Waals surface area (Å²) in [5.74, 6) is -0.203. The first kappa shape index (κ1) is 12.1. The van der Waals surface area contributed by atoms with Gasteiger partial charge in [0.2, 0.25) is 0 Å². The van der Waals surface area contributed by atoms with Gasteiger partial charge in [-0.1, -0.05) is 17.7 Å². The lowest BCUT2D eigenvalue weighted by Crippen LogP contribution is -2.38. The average Bonchev–Trinajstić information content (AvgIpc) is 2.29. The zero-order valence-corrected chi connectivity index (χ0v) is 10.5. The Morgan fingerprint density at radius 2 is 2.06 bits per heavy atom. The van der Waals surface area contributed by atoms with Gasteiger partial charge in [-0.05, 0) is 45.5 Å². The molecule has 1 saturated heterocycles. The molecule has 3 heteroatoms. The maximum absolute atomic E-state index is 11.9. The predicted molar refractivity (Wildman–Crippen MR) is 67.1 cm³/mol. The molecular weight excluding hydrogens is 214 g/mol. The van der Waals surface area contributed by atoms with Gasteiger partial charge in [-0.2, -0.15) is 0 Å². The first-order valence-electron chi connectivity index (χ1n) is 6.11. The highest BCUT2D eigenvalue weighted by Gasteiger charge is 2.21. The number of ether oxygens (including phenoxy) is 1. The second-order valence-corrected chi connectivity index (χ2v) is 4.80. The number of carbonyl (C=O) groups excluding carboxylic acids is 1. The van der Waals surface area contributed by atoms with Crippen molar-refractivity contribution in [3.8, 4) is 0 Å². The van der Waals surface area contributed by atoms with Crippen molar-refractivity contribution < 1.29 is 9.53 Å². The van der Waals surface area contributed by atoms with Crippen molar-refractivity contribution in [3.63, 3.8) is 0 Å². The van der Waals surface area contributed by atoms with Gasteiger partial charge >= 0.3 is 5.97 Å². The van der Waals surface area contributed by atoms with E-state index in [1.54, 1.807) is 0 Å². The number of hydrogen-bond acceptors (Lipinski definition) is 3. The third kappa shape index (κ3) is 3.30. The second-order valence-electron chi connectivity index (χ2n) is 4.80. The maximum Gasteiger partial charge on any atom is 0.338 e. The number of nitrogens with zero attached hydrogens (tertiary/aromatic N) is 1. The number of esters is 1. The summed E-state index contributed by atoms with van der Waals surface area (Å²) in [4.78, 5) is 14.1. The van der Waals surface area contributed by atoms with Crippen LogP contribution in [-0.4, -0.2) is 37.1 Å². The van der Waals surface area contributed by atoms with Gasteiger partial charge in [0.15, 0.2) is 0 Å². The van der Waals surface area contributed by atoms with Crippen LogP contribution in [0.15, 0.2) is 24.3 Å². The molecule has 2 rings (SSSR count). The highest BCUT2D eigenvalue weighted by atomic mass is 16.5. The molecule has 1 heterocycles. The molecule has 0 spiro atoms. The van der Waals surface area contributed by atoms with E-state index in [9.17, 15) is 4.79 Å². The Morgan fingerprint density at radius 1 is 1.35 bits per heavy atom. The van der Waals surface area contributed by atoms with Crippen LogP contribution in [0.3, 0.4) is 0 Å². The molecule has 0 N–H and O–H groups in total. The SMILES string of the molecule is Cc1ccc(C(=O)O[C@H]2CCCN(C)C2)cc1. The van der Waals surface area contributed by atoms with Crippen LogP contribution in [0.25, 0.3) is 0 Å². The normalized spacial score (nSPS) is 21.2. The second kappa shape index (κ2) is 5.32. The van der Waals surface area contributed by atoms with E-state index in [0.29, 0.717) is 5.56 Å². The third-order valence-corrected chi connectivity index (χ3v) is 3.14. The molecule has 1 fully saturated rings. The van der Waals surface area contributed by atoms with Crippen LogP contribution in [0.1, 0.15) is 28.8 Å². The van der Waals surface area contributed by atoms with Crippen molar-refractivity contribution in [2.75, 3.05) is 20.1 Å². The average molecular weight is 233 g/mol. The molecule has 0 unspecified atom stereocenters. The van der Waals surface area contributed by atoms with E-state index in [-0.39, 0.29) is 12.1 Å². The Morgan fingerprint density at radius 3 is 2.71 bits per heavy atom. The van der Waals surface area contributed by atoms with Crippen LogP contribution in [0, 0.1) is 6.92 Å². The van der Waals surface area contributed by atoms with Crippen molar-refractivity contribution >= 4 is 5.97 Å². The molecule has 17 heavy (non-hydrogen) atoms. The predicted octanol–water partition coefficient (Wildman–Crippen LogP) is 2.25. The fourth-order valence-corrected chi connectivity index (χ4v) is 2.12. The Labute approximate surface area is 102 Å². The Kier molecular flexibility index (Phi) is 3.79. The minimum Gasteiger partial charge on any atom is -0.457 e. The number of aryl methyl sites for hydroxylation is 1. The van der Waals surface area contributed by atoms with E-state index >= 15 is 0 Å². The highest BCUT2D eigenvalue weighted by Crippen LogP contribution is 2.14. The largest absolute Gasteiger partial charge is 0.457 e. The van der Waals surface area contributed by atoms with Gasteiger partial charge in [-0.15, -0.1) is 0 Å². The molecule has 1 aliphatic rings. The summed E-state index contributed by atoms with van der Waals surface area (Å²) in [6.07, 6.45) is 2.12. The van der Waals surface area contributed by atoms with Crippen LogP contribution in [0.4, 0.5) is 0 Å². The number of rotatable bonds is 2. The molecule has 0 amide bonds. The smallest absolute Gasteiger partial charge is 0.338 e. The molecule has 1 aliphatic heterocycles. The molecule has 92 valence electrons. The number of carbonyl (C=O) groups is 1. The van der Waals surface area contributed by atoms with Gasteiger partial charge in [0.25, 0.3) is 0 Å². The summed E-state index contributed by atoms with van der Waals surface area (Å²) in [5.41, 5.74) is 1.79. The lowest BCUT2D eigenvalue weighted by molar-refractivity contribution is 0.0108. The molecule has 0 radical (unpaired) electrons. The molecule has 0 aromatic heterocycles. The lowest BCUT2D eigenvalue weighted by atomic mass is 10.1. The first-order chi connectivity index (χ1) is 8.15. The molecule has 0 saturated carbocycles. The monoisotopic (exact) mass is 233 g/mol. The van der Waals surface area contributed by atoms with E-state index in [1.807, 2.05) is 31.2 Å². The standard InChI is InChI=1S/C14H19NO2/c1-11-5-7-12(8-6-11)14(16)17-13-4-3-9-15(2)10-13/h5-8,13H,3-4,9-10H2,1-2H3/t13-/m0/s1. The van der Waals surface area contributed by atoms with Gasteiger partial charge in [0.1, 0.15) is 6.10 Å². The summed E-state index contributed by atoms with van der Waals surface area (Å²) in [6.45, 7) is 3.95. The number of piperidine rings is 1. The zero-order chi connectivity index (χ0) is 12.3. The van der Waals surface area contributed by atoms with Crippen LogP contribution in [0.5, 0.6) is 0 Å². The molecule has 1 aromatic rings. The summed E-state index contributed by atoms with van der Waals surface area (Å²) in [7, 11) is 2.06. The molecular formula is C14H19NO2. The van der Waals surface area contributed by atoms with E-state index < -0.39 is 0 Å². The summed E-state index contributed by atoms with van der Waals surface area (Å²) < 4.78 is 5.51. The van der Waals surface area contributed by atoms with Crippen LogP contribution in [-0.2, 0) is 4.74 Å². The lowest BCUT2D eigenvalue weighted by Gasteiger charge is -2.29. The van der Waals surface area contributed by atoms with Crippen molar-refractivity contribution in [2.24, 2.45) is 0 Å². The third-order valence-electron chi connectivity index (χ3n) is 3.14. The molecule has 1 aromatic carbocycles. The van der Waals surface area contributed by atoms with E-state index in [1.165, 1.54) is 0 Å². The van der Waals surface area contributed by atoms with Crippen molar-refractivity contribution in [2.45, 2.75) is 25.9 Å². The van der Waals surface area contributed by atoms with Crippen molar-refractivity contribution in [1.82, 2.24) is 4.90 Å². The molecule has 0 aliphatic carbocycles. The minimum absolute atomic E-state index is 0.0440. The number of likely N-dealkylation sites (N-methyl/N-ethyl adjacent to an activating group) is 1. The fraction of sp³-hybridized carbons (Fsp3) is 0.500. The van der Waals surface area contributed by atoms with Crippen LogP contribution < -0.4 is 0 Å². The Bertz CT molecular complexity index is 386. The first-order valence-corrected chi connectivity index (χ1v) is 6.11. The van der Waals surface area contributed by atoms with E-state index in [0.717, 1.165) is 31.5 Å². The van der Waals surface area contributed by atoms with Gasteiger partial charge in [-0.25, -0.2) is 4.79 Å². The quantitative estimate of drug-likeness (QED) is 0.734. The number of hydrogen-bond donors (Lipinski definition) is 0. The van der Waals surface area contributed by atoms with Crippen molar-refractivity contribution in [1.29, 1.82) is 0 Å². The fourth-order valence-electron chi connectivity index (χ4n) is 2.12. The number of likely N-dealkylation sites (tertiary alicyclic amines) is 1. The molecule has 3 nitrogen and oxygen atoms in total. The summed E-state index contributed by atoms with van der Waals surface area (Å²) in [5, 5.41) is 0. The summed E-state index contributed by atoms with van der Waals surface area (Å²) >= 11 is 0. The van der Waals surface area contributed by atoms with E-state index in [4.69, 9.17) is 4.74 Å². The van der Waals surface area contributed by atoms with Crippen molar-refractivity contribution in [3.05, 3.63) is 35.4 Å². The van der Waals surface area contributed by atoms with Gasteiger partial charge < -0.3 is 9.64 Å². The van der Waals surface area contributed by atoms with Gasteiger partial charge in [0, 0.05) is 6.54 Å². The molecule has 1 atom stereocenters. The summed E-state index contributed by atoms with van der Waals surface area (Å²) in [6, 6.07) is 7.52. The minimum atomic E-state index is -0.203. The number of benzene rings is 1. The van der Waals surface area contributed by atoms with Crippen LogP contribution in [0.2, 0.25) is 0 Å².